The van der Waals surface area contributed by atoms with Crippen LogP contribution in [0.4, 0.5) is 0 Å². The van der Waals surface area contributed by atoms with E-state index in [9.17, 15) is 0 Å². The van der Waals surface area contributed by atoms with Crippen LogP contribution in [0.25, 0.3) is 0 Å². The molecule has 0 bridgehead atoms. The third kappa shape index (κ3) is 3.16. The molecule has 102 valence electrons. The highest BCUT2D eigenvalue weighted by Gasteiger charge is 2.20. The summed E-state index contributed by atoms with van der Waals surface area (Å²) < 4.78 is 0. The molecular weight excluding hydrogens is 242 g/mol. The van der Waals surface area contributed by atoms with Gasteiger partial charge in [0.1, 0.15) is 0 Å². The molecule has 1 atom stereocenters. The van der Waals surface area contributed by atoms with Crippen molar-refractivity contribution in [1.29, 1.82) is 0 Å². The summed E-state index contributed by atoms with van der Waals surface area (Å²) in [6.07, 6.45) is 4.75. The minimum absolute atomic E-state index is 0.443. The average molecular weight is 263 g/mol. The molecule has 1 heterocycles. The molecule has 2 aromatic carbocycles. The van der Waals surface area contributed by atoms with Gasteiger partial charge in [0.15, 0.2) is 0 Å². The van der Waals surface area contributed by atoms with E-state index in [4.69, 9.17) is 4.99 Å². The lowest BCUT2D eigenvalue weighted by Gasteiger charge is -2.23. The van der Waals surface area contributed by atoms with Gasteiger partial charge in [-0.25, -0.2) is 0 Å². The minimum Gasteiger partial charge on any atom is -0.293 e. The standard InChI is InChI=1S/C19H21N/c1-3-9-16(10-4-1)15-18(17-11-5-2-6-12-17)19-13-7-8-14-20-19/h1-6,9-12,18H,7-8,13-15H2. The Balaban J connectivity index is 1.89. The van der Waals surface area contributed by atoms with Crippen LogP contribution < -0.4 is 0 Å². The Hall–Kier alpha value is -1.89. The van der Waals surface area contributed by atoms with Gasteiger partial charge in [-0.05, 0) is 36.8 Å². The van der Waals surface area contributed by atoms with Gasteiger partial charge in [0.2, 0.25) is 0 Å². The van der Waals surface area contributed by atoms with Crippen molar-refractivity contribution in [3.63, 3.8) is 0 Å². The van der Waals surface area contributed by atoms with E-state index < -0.39 is 0 Å². The summed E-state index contributed by atoms with van der Waals surface area (Å²) in [5, 5.41) is 0. The predicted molar refractivity (Wildman–Crippen MR) is 85.5 cm³/mol. The Morgan fingerprint density at radius 3 is 2.20 bits per heavy atom. The van der Waals surface area contributed by atoms with E-state index in [1.807, 2.05) is 0 Å². The second-order valence-electron chi connectivity index (χ2n) is 5.48. The highest BCUT2D eigenvalue weighted by Crippen LogP contribution is 2.26. The second-order valence-corrected chi connectivity index (χ2v) is 5.48. The fourth-order valence-electron chi connectivity index (χ4n) is 2.97. The Morgan fingerprint density at radius 2 is 1.55 bits per heavy atom. The molecule has 0 N–H and O–H groups in total. The van der Waals surface area contributed by atoms with Crippen LogP contribution in [0.15, 0.2) is 65.7 Å². The van der Waals surface area contributed by atoms with Gasteiger partial charge in [-0.1, -0.05) is 60.7 Å². The van der Waals surface area contributed by atoms with E-state index in [-0.39, 0.29) is 0 Å². The Bertz CT molecular complexity index is 557. The number of rotatable bonds is 4. The van der Waals surface area contributed by atoms with Gasteiger partial charge in [0, 0.05) is 18.2 Å². The molecule has 0 radical (unpaired) electrons. The highest BCUT2D eigenvalue weighted by molar-refractivity contribution is 5.91. The van der Waals surface area contributed by atoms with Gasteiger partial charge in [0.05, 0.1) is 0 Å². The zero-order valence-corrected chi connectivity index (χ0v) is 11.8. The molecule has 20 heavy (non-hydrogen) atoms. The molecule has 1 nitrogen and oxygen atoms in total. The first-order chi connectivity index (χ1) is 9.93. The third-order valence-electron chi connectivity index (χ3n) is 4.04. The van der Waals surface area contributed by atoms with E-state index in [0.717, 1.165) is 19.4 Å². The SMILES string of the molecule is c1ccc(CC(C2=NCCCC2)c2ccccc2)cc1. The van der Waals surface area contributed by atoms with E-state index in [1.54, 1.807) is 0 Å². The normalized spacial score (nSPS) is 16.5. The van der Waals surface area contributed by atoms with Crippen LogP contribution in [0.1, 0.15) is 36.3 Å². The first kappa shape index (κ1) is 13.1. The molecule has 0 spiro atoms. The summed E-state index contributed by atoms with van der Waals surface area (Å²) in [5.41, 5.74) is 4.19. The van der Waals surface area contributed by atoms with Crippen molar-refractivity contribution in [2.45, 2.75) is 31.6 Å². The van der Waals surface area contributed by atoms with Crippen molar-refractivity contribution >= 4 is 5.71 Å². The molecule has 1 aliphatic rings. The lowest BCUT2D eigenvalue weighted by atomic mass is 9.85. The predicted octanol–water partition coefficient (Wildman–Crippen LogP) is 4.64. The largest absolute Gasteiger partial charge is 0.293 e. The molecule has 0 fully saturated rings. The van der Waals surface area contributed by atoms with Gasteiger partial charge in [-0.15, -0.1) is 0 Å². The maximum Gasteiger partial charge on any atom is 0.0389 e. The Morgan fingerprint density at radius 1 is 0.850 bits per heavy atom. The van der Waals surface area contributed by atoms with Crippen molar-refractivity contribution in [2.24, 2.45) is 4.99 Å². The minimum atomic E-state index is 0.443. The lowest BCUT2D eigenvalue weighted by molar-refractivity contribution is 0.703. The van der Waals surface area contributed by atoms with Gasteiger partial charge < -0.3 is 0 Å². The summed E-state index contributed by atoms with van der Waals surface area (Å²) >= 11 is 0. The number of nitrogens with zero attached hydrogens (tertiary/aromatic N) is 1. The van der Waals surface area contributed by atoms with Crippen LogP contribution >= 0.6 is 0 Å². The molecule has 0 saturated carbocycles. The molecular formula is C19H21N. The van der Waals surface area contributed by atoms with Crippen molar-refractivity contribution in [3.8, 4) is 0 Å². The van der Waals surface area contributed by atoms with E-state index in [1.165, 1.54) is 29.7 Å². The molecule has 2 aromatic rings. The zero-order chi connectivity index (χ0) is 13.6. The van der Waals surface area contributed by atoms with E-state index in [0.29, 0.717) is 5.92 Å². The van der Waals surface area contributed by atoms with Gasteiger partial charge in [-0.3, -0.25) is 4.99 Å². The molecule has 1 heteroatoms. The average Bonchev–Trinajstić information content (AvgIpc) is 2.55. The molecule has 0 amide bonds. The van der Waals surface area contributed by atoms with E-state index >= 15 is 0 Å². The van der Waals surface area contributed by atoms with Crippen molar-refractivity contribution in [3.05, 3.63) is 71.8 Å². The van der Waals surface area contributed by atoms with Crippen LogP contribution in [0.3, 0.4) is 0 Å². The van der Waals surface area contributed by atoms with Gasteiger partial charge in [-0.2, -0.15) is 0 Å². The molecule has 3 rings (SSSR count). The van der Waals surface area contributed by atoms with Crippen LogP contribution in [0, 0.1) is 0 Å². The summed E-state index contributed by atoms with van der Waals surface area (Å²) in [7, 11) is 0. The molecule has 1 aliphatic heterocycles. The maximum absolute atomic E-state index is 4.82. The molecule has 0 aliphatic carbocycles. The maximum atomic E-state index is 4.82. The van der Waals surface area contributed by atoms with Crippen molar-refractivity contribution in [2.75, 3.05) is 6.54 Å². The lowest BCUT2D eigenvalue weighted by Crippen LogP contribution is -2.18. The molecule has 0 aromatic heterocycles. The number of hydrogen-bond acceptors (Lipinski definition) is 1. The van der Waals surface area contributed by atoms with Crippen LogP contribution in [-0.2, 0) is 6.42 Å². The summed E-state index contributed by atoms with van der Waals surface area (Å²) in [6.45, 7) is 1.01. The molecule has 1 unspecified atom stereocenters. The molecule has 0 saturated heterocycles. The van der Waals surface area contributed by atoms with Gasteiger partial charge >= 0.3 is 0 Å². The number of aliphatic imine (C=N–C) groups is 1. The van der Waals surface area contributed by atoms with Gasteiger partial charge in [0.25, 0.3) is 0 Å². The summed E-state index contributed by atoms with van der Waals surface area (Å²) in [5.74, 6) is 0.443. The first-order valence-corrected chi connectivity index (χ1v) is 7.55. The Kier molecular flexibility index (Phi) is 4.27. The number of hydrogen-bond donors (Lipinski definition) is 0. The zero-order valence-electron chi connectivity index (χ0n) is 11.8. The topological polar surface area (TPSA) is 12.4 Å². The Labute approximate surface area is 121 Å². The van der Waals surface area contributed by atoms with Crippen LogP contribution in [0.2, 0.25) is 0 Å². The quantitative estimate of drug-likeness (QED) is 0.762. The second kappa shape index (κ2) is 6.51. The van der Waals surface area contributed by atoms with E-state index in [2.05, 4.69) is 60.7 Å². The van der Waals surface area contributed by atoms with Crippen molar-refractivity contribution < 1.29 is 0 Å². The van der Waals surface area contributed by atoms with Crippen LogP contribution in [-0.4, -0.2) is 12.3 Å². The smallest absolute Gasteiger partial charge is 0.0389 e. The highest BCUT2D eigenvalue weighted by atomic mass is 14.8. The fourth-order valence-corrected chi connectivity index (χ4v) is 2.97. The van der Waals surface area contributed by atoms with Crippen LogP contribution in [0.5, 0.6) is 0 Å². The summed E-state index contributed by atoms with van der Waals surface area (Å²) in [4.78, 5) is 4.82. The van der Waals surface area contributed by atoms with Crippen molar-refractivity contribution in [1.82, 2.24) is 0 Å². The monoisotopic (exact) mass is 263 g/mol. The fraction of sp³-hybridized carbons (Fsp3) is 0.316. The summed E-state index contributed by atoms with van der Waals surface area (Å²) in [6, 6.07) is 21.6. The number of benzene rings is 2. The first-order valence-electron chi connectivity index (χ1n) is 7.55. The third-order valence-corrected chi connectivity index (χ3v) is 4.04.